The van der Waals surface area contributed by atoms with Gasteiger partial charge in [-0.15, -0.1) is 0 Å². The third kappa shape index (κ3) is 8.25. The number of carbonyl (C=O) groups excluding carboxylic acids is 1. The first kappa shape index (κ1) is 30.0. The van der Waals surface area contributed by atoms with Gasteiger partial charge in [0, 0.05) is 37.6 Å². The molecule has 40 heavy (non-hydrogen) atoms. The zero-order valence-corrected chi connectivity index (χ0v) is 24.9. The molecule has 1 aromatic carbocycles. The Morgan fingerprint density at radius 3 is 2.38 bits per heavy atom. The van der Waals surface area contributed by atoms with Gasteiger partial charge in [-0.1, -0.05) is 54.5 Å². The molecule has 3 atom stereocenters. The maximum atomic E-state index is 13.0. The van der Waals surface area contributed by atoms with E-state index in [2.05, 4.69) is 52.0 Å². The fourth-order valence-electron chi connectivity index (χ4n) is 5.68. The molecule has 0 aliphatic carbocycles. The van der Waals surface area contributed by atoms with E-state index in [1.165, 1.54) is 22.3 Å². The Hall–Kier alpha value is -3.02. The first-order valence-corrected chi connectivity index (χ1v) is 14.8. The molecule has 214 valence electrons. The molecule has 1 aromatic heterocycles. The molecule has 0 N–H and O–H groups in total. The fourth-order valence-corrected chi connectivity index (χ4v) is 5.68. The molecular formula is C35H45NO4. The van der Waals surface area contributed by atoms with Gasteiger partial charge in [0.05, 0.1) is 31.0 Å². The Kier molecular flexibility index (Phi) is 10.5. The standard InChI is InChI=1S/C35H45NO4/c1-24(2)16-31-19-28(22-39-31)12-8-10-25(3)17-32-20-29(23-40-32)13-9-11-26(4)18-35(37)33-21-30-14-6-7-15-34(30)36(38)27(33)5/h6-7,12-17,21,26,31-32H,8-11,18-20,22-23H2,1-5H3/b25-17+,28-12-,29-13-/t26?,31-,32-/m0/s1. The Bertz CT molecular complexity index is 1330. The molecule has 5 heteroatoms. The van der Waals surface area contributed by atoms with E-state index in [0.29, 0.717) is 29.8 Å². The SMILES string of the molecule is CC(C)=C[C@H]1C/C(=C/CC/C(C)=C/[C@H]2C/C(=C/CCC(C)CC(=O)c3cc4ccccc4[n+]([O-])c3C)CO2)CO1. The fraction of sp³-hybridized carbons (Fsp3) is 0.486. The normalized spacial score (nSPS) is 22.4. The molecule has 0 saturated carbocycles. The summed E-state index contributed by atoms with van der Waals surface area (Å²) in [5, 5.41) is 13.4. The minimum Gasteiger partial charge on any atom is -0.618 e. The minimum atomic E-state index is 0.0432. The van der Waals surface area contributed by atoms with Crippen molar-refractivity contribution in [2.75, 3.05) is 13.2 Å². The second-order valence-corrected chi connectivity index (χ2v) is 11.9. The van der Waals surface area contributed by atoms with E-state index in [1.807, 2.05) is 24.3 Å². The molecule has 2 saturated heterocycles. The summed E-state index contributed by atoms with van der Waals surface area (Å²) in [6, 6.07) is 9.27. The van der Waals surface area contributed by atoms with Crippen molar-refractivity contribution in [3.05, 3.63) is 93.4 Å². The highest BCUT2D eigenvalue weighted by Gasteiger charge is 2.22. The monoisotopic (exact) mass is 543 g/mol. The van der Waals surface area contributed by atoms with Crippen LogP contribution in [0, 0.1) is 18.0 Å². The Labute approximate surface area is 239 Å². The maximum absolute atomic E-state index is 13.0. The number of Topliss-reactive ketones (excluding diaryl/α,β-unsaturated/α-hetero) is 1. The lowest BCUT2D eigenvalue weighted by Gasteiger charge is -2.12. The van der Waals surface area contributed by atoms with E-state index in [-0.39, 0.29) is 23.9 Å². The van der Waals surface area contributed by atoms with Gasteiger partial charge in [0.25, 0.3) is 0 Å². The molecule has 1 unspecified atom stereocenters. The third-order valence-corrected chi connectivity index (χ3v) is 7.93. The summed E-state index contributed by atoms with van der Waals surface area (Å²) >= 11 is 0. The van der Waals surface area contributed by atoms with E-state index < -0.39 is 0 Å². The van der Waals surface area contributed by atoms with Crippen LogP contribution in [0.1, 0.15) is 88.7 Å². The number of hydrogen-bond acceptors (Lipinski definition) is 4. The van der Waals surface area contributed by atoms with Crippen LogP contribution in [0.2, 0.25) is 0 Å². The summed E-state index contributed by atoms with van der Waals surface area (Å²) < 4.78 is 12.8. The van der Waals surface area contributed by atoms with Crippen molar-refractivity contribution < 1.29 is 19.0 Å². The average molecular weight is 544 g/mol. The molecule has 5 nitrogen and oxygen atoms in total. The van der Waals surface area contributed by atoms with Gasteiger partial charge in [-0.2, -0.15) is 4.73 Å². The van der Waals surface area contributed by atoms with Crippen molar-refractivity contribution in [2.24, 2.45) is 5.92 Å². The number of fused-ring (bicyclic) bond motifs is 1. The smallest absolute Gasteiger partial charge is 0.224 e. The first-order chi connectivity index (χ1) is 19.2. The highest BCUT2D eigenvalue weighted by atomic mass is 16.5. The highest BCUT2D eigenvalue weighted by Crippen LogP contribution is 2.26. The largest absolute Gasteiger partial charge is 0.618 e. The minimum absolute atomic E-state index is 0.0432. The maximum Gasteiger partial charge on any atom is 0.224 e. The van der Waals surface area contributed by atoms with E-state index in [1.54, 1.807) is 13.0 Å². The van der Waals surface area contributed by atoms with Crippen LogP contribution in [0.4, 0.5) is 0 Å². The number of ether oxygens (including phenoxy) is 2. The molecular weight excluding hydrogens is 498 g/mol. The van der Waals surface area contributed by atoms with Crippen LogP contribution >= 0.6 is 0 Å². The van der Waals surface area contributed by atoms with Crippen molar-refractivity contribution in [1.29, 1.82) is 0 Å². The van der Waals surface area contributed by atoms with Gasteiger partial charge in [-0.25, -0.2) is 0 Å². The number of hydrogen-bond donors (Lipinski definition) is 0. The summed E-state index contributed by atoms with van der Waals surface area (Å²) in [7, 11) is 0. The zero-order valence-electron chi connectivity index (χ0n) is 24.9. The summed E-state index contributed by atoms with van der Waals surface area (Å²) in [5.74, 6) is 0.286. The highest BCUT2D eigenvalue weighted by molar-refractivity contribution is 5.99. The summed E-state index contributed by atoms with van der Waals surface area (Å²) in [6.45, 7) is 11.7. The van der Waals surface area contributed by atoms with Gasteiger partial charge in [0.15, 0.2) is 5.78 Å². The molecule has 2 aliphatic heterocycles. The second-order valence-electron chi connectivity index (χ2n) is 11.9. The molecule has 2 fully saturated rings. The van der Waals surface area contributed by atoms with Crippen LogP contribution in [-0.4, -0.2) is 31.2 Å². The van der Waals surface area contributed by atoms with Crippen LogP contribution in [0.5, 0.6) is 0 Å². The predicted octanol–water partition coefficient (Wildman–Crippen LogP) is 7.89. The molecule has 2 aromatic rings. The van der Waals surface area contributed by atoms with Gasteiger partial charge in [0.2, 0.25) is 11.2 Å². The van der Waals surface area contributed by atoms with Crippen LogP contribution in [0.15, 0.2) is 76.9 Å². The number of rotatable bonds is 11. The van der Waals surface area contributed by atoms with Crippen molar-refractivity contribution in [1.82, 2.24) is 0 Å². The Balaban J connectivity index is 1.19. The third-order valence-electron chi connectivity index (χ3n) is 7.93. The van der Waals surface area contributed by atoms with Gasteiger partial charge >= 0.3 is 0 Å². The van der Waals surface area contributed by atoms with Gasteiger partial charge in [0.1, 0.15) is 0 Å². The number of allylic oxidation sites excluding steroid dienone is 4. The van der Waals surface area contributed by atoms with E-state index in [9.17, 15) is 10.0 Å². The summed E-state index contributed by atoms with van der Waals surface area (Å²) in [4.78, 5) is 13.0. The van der Waals surface area contributed by atoms with E-state index in [0.717, 1.165) is 55.2 Å². The summed E-state index contributed by atoms with van der Waals surface area (Å²) in [5.41, 5.74) is 7.06. The molecule has 0 radical (unpaired) electrons. The molecule has 0 spiro atoms. The first-order valence-electron chi connectivity index (χ1n) is 14.8. The number of ketones is 1. The molecule has 2 aliphatic rings. The topological polar surface area (TPSA) is 62.5 Å². The predicted molar refractivity (Wildman–Crippen MR) is 162 cm³/mol. The number of nitrogens with zero attached hydrogens (tertiary/aromatic N) is 1. The van der Waals surface area contributed by atoms with Gasteiger partial charge < -0.3 is 14.7 Å². The number of benzene rings is 1. The van der Waals surface area contributed by atoms with Crippen LogP contribution < -0.4 is 4.73 Å². The zero-order chi connectivity index (χ0) is 28.6. The number of pyridine rings is 1. The van der Waals surface area contributed by atoms with Crippen molar-refractivity contribution in [3.8, 4) is 0 Å². The lowest BCUT2D eigenvalue weighted by Crippen LogP contribution is -2.33. The molecule has 4 rings (SSSR count). The van der Waals surface area contributed by atoms with Crippen molar-refractivity contribution in [3.63, 3.8) is 0 Å². The van der Waals surface area contributed by atoms with Crippen LogP contribution in [-0.2, 0) is 9.47 Å². The number of para-hydroxylation sites is 1. The van der Waals surface area contributed by atoms with Gasteiger partial charge in [-0.05, 0) is 75.7 Å². The summed E-state index contributed by atoms with van der Waals surface area (Å²) in [6.07, 6.45) is 15.9. The molecule has 3 heterocycles. The lowest BCUT2D eigenvalue weighted by molar-refractivity contribution is -0.584. The van der Waals surface area contributed by atoms with Crippen LogP contribution in [0.25, 0.3) is 10.9 Å². The molecule has 0 bridgehead atoms. The van der Waals surface area contributed by atoms with Crippen molar-refractivity contribution >= 4 is 16.7 Å². The van der Waals surface area contributed by atoms with Crippen LogP contribution in [0.3, 0.4) is 0 Å². The molecule has 0 amide bonds. The number of carbonyl (C=O) groups is 1. The average Bonchev–Trinajstić information content (AvgIpc) is 3.54. The van der Waals surface area contributed by atoms with Gasteiger partial charge in [-0.3, -0.25) is 4.79 Å². The van der Waals surface area contributed by atoms with Crippen molar-refractivity contribution in [2.45, 2.75) is 91.8 Å². The second kappa shape index (κ2) is 14.0. The Morgan fingerprint density at radius 2 is 1.68 bits per heavy atom. The quantitative estimate of drug-likeness (QED) is 0.125. The van der Waals surface area contributed by atoms with E-state index >= 15 is 0 Å². The lowest BCUT2D eigenvalue weighted by atomic mass is 9.94. The number of aromatic nitrogens is 1. The van der Waals surface area contributed by atoms with E-state index in [4.69, 9.17) is 9.47 Å². The Morgan fingerprint density at radius 1 is 1.02 bits per heavy atom.